The Hall–Kier alpha value is -2.14. The van der Waals surface area contributed by atoms with Gasteiger partial charge < -0.3 is 15.2 Å². The van der Waals surface area contributed by atoms with Gasteiger partial charge in [-0.15, -0.1) is 0 Å². The maximum Gasteiger partial charge on any atom is 0.275 e. The molecule has 122 valence electrons. The SMILES string of the molecule is Cc1[nH]c2ccccc2c1C(=O)[C@@H](C)[NH+](C)CC(=O)NC1CC1. The average molecular weight is 314 g/mol. The van der Waals surface area contributed by atoms with Crippen molar-refractivity contribution in [3.8, 4) is 0 Å². The fourth-order valence-electron chi connectivity index (χ4n) is 2.95. The van der Waals surface area contributed by atoms with Crippen LogP contribution in [-0.2, 0) is 4.79 Å². The Balaban J connectivity index is 1.75. The van der Waals surface area contributed by atoms with E-state index in [0.717, 1.165) is 39.9 Å². The Bertz CT molecular complexity index is 746. The van der Waals surface area contributed by atoms with Crippen LogP contribution >= 0.6 is 0 Å². The van der Waals surface area contributed by atoms with Crippen LogP contribution in [0.3, 0.4) is 0 Å². The molecule has 1 amide bonds. The molecular weight excluding hydrogens is 290 g/mol. The van der Waals surface area contributed by atoms with Crippen LogP contribution in [0.25, 0.3) is 10.9 Å². The number of H-pyrrole nitrogens is 1. The Morgan fingerprint density at radius 1 is 1.35 bits per heavy atom. The van der Waals surface area contributed by atoms with Crippen molar-refractivity contribution >= 4 is 22.6 Å². The van der Waals surface area contributed by atoms with Gasteiger partial charge in [0.05, 0.1) is 12.6 Å². The number of aromatic amines is 1. The molecule has 0 saturated heterocycles. The molecule has 1 aromatic heterocycles. The summed E-state index contributed by atoms with van der Waals surface area (Å²) < 4.78 is 0. The minimum Gasteiger partial charge on any atom is -0.358 e. The molecule has 3 N–H and O–H groups in total. The molecule has 0 bridgehead atoms. The van der Waals surface area contributed by atoms with Gasteiger partial charge in [0.25, 0.3) is 5.91 Å². The van der Waals surface area contributed by atoms with E-state index in [0.29, 0.717) is 12.6 Å². The van der Waals surface area contributed by atoms with Gasteiger partial charge in [-0.2, -0.15) is 0 Å². The number of carbonyl (C=O) groups excluding carboxylic acids is 2. The first kappa shape index (κ1) is 15.7. The quantitative estimate of drug-likeness (QED) is 0.692. The lowest BCUT2D eigenvalue weighted by atomic mass is 10.0. The van der Waals surface area contributed by atoms with E-state index in [-0.39, 0.29) is 17.7 Å². The third-order valence-corrected chi connectivity index (χ3v) is 4.65. The third kappa shape index (κ3) is 3.29. The van der Waals surface area contributed by atoms with E-state index in [4.69, 9.17) is 0 Å². The van der Waals surface area contributed by atoms with Gasteiger partial charge in [-0.25, -0.2) is 0 Å². The van der Waals surface area contributed by atoms with Crippen molar-refractivity contribution in [2.45, 2.75) is 38.8 Å². The molecule has 1 aromatic carbocycles. The maximum absolute atomic E-state index is 12.9. The maximum atomic E-state index is 12.9. The molecule has 1 saturated carbocycles. The molecule has 23 heavy (non-hydrogen) atoms. The van der Waals surface area contributed by atoms with Crippen molar-refractivity contribution in [1.82, 2.24) is 10.3 Å². The molecule has 0 radical (unpaired) electrons. The summed E-state index contributed by atoms with van der Waals surface area (Å²) in [6, 6.07) is 7.93. The largest absolute Gasteiger partial charge is 0.358 e. The van der Waals surface area contributed by atoms with E-state index in [2.05, 4.69) is 10.3 Å². The number of rotatable bonds is 6. The number of Topliss-reactive ketones (excluding diaryl/α,β-unsaturated/α-hetero) is 1. The smallest absolute Gasteiger partial charge is 0.275 e. The number of aromatic nitrogens is 1. The number of aryl methyl sites for hydroxylation is 1. The molecule has 0 aliphatic heterocycles. The number of hydrogen-bond acceptors (Lipinski definition) is 2. The average Bonchev–Trinajstić information content (AvgIpc) is 3.25. The molecule has 5 nitrogen and oxygen atoms in total. The molecule has 1 aliphatic carbocycles. The summed E-state index contributed by atoms with van der Waals surface area (Å²) >= 11 is 0. The second-order valence-electron chi connectivity index (χ2n) is 6.62. The van der Waals surface area contributed by atoms with E-state index >= 15 is 0 Å². The standard InChI is InChI=1S/C18H23N3O2/c1-11-17(14-6-4-5-7-15(14)19-11)18(23)12(2)21(3)10-16(22)20-13-8-9-13/h4-7,12-13,19H,8-10H2,1-3H3,(H,20,22)/p+1/t12-/m1/s1. The first-order valence-corrected chi connectivity index (χ1v) is 8.20. The number of para-hydroxylation sites is 1. The Labute approximate surface area is 136 Å². The topological polar surface area (TPSA) is 66.4 Å². The zero-order chi connectivity index (χ0) is 16.6. The van der Waals surface area contributed by atoms with Gasteiger partial charge in [-0.05, 0) is 32.8 Å². The third-order valence-electron chi connectivity index (χ3n) is 4.65. The van der Waals surface area contributed by atoms with Crippen LogP contribution in [0.5, 0.6) is 0 Å². The van der Waals surface area contributed by atoms with Gasteiger partial charge in [0.2, 0.25) is 5.78 Å². The summed E-state index contributed by atoms with van der Waals surface area (Å²) in [5, 5.41) is 3.93. The predicted octanol–water partition coefficient (Wildman–Crippen LogP) is 0.841. The monoisotopic (exact) mass is 314 g/mol. The van der Waals surface area contributed by atoms with Crippen LogP contribution in [0, 0.1) is 6.92 Å². The number of nitrogens with one attached hydrogen (secondary N) is 3. The minimum atomic E-state index is -0.266. The number of carbonyl (C=O) groups is 2. The number of benzene rings is 1. The summed E-state index contributed by atoms with van der Waals surface area (Å²) in [4.78, 5) is 29.1. The number of quaternary nitrogens is 1. The van der Waals surface area contributed by atoms with Crippen molar-refractivity contribution < 1.29 is 14.5 Å². The van der Waals surface area contributed by atoms with Crippen molar-refractivity contribution in [2.75, 3.05) is 13.6 Å². The van der Waals surface area contributed by atoms with Gasteiger partial charge in [-0.3, -0.25) is 9.59 Å². The highest BCUT2D eigenvalue weighted by molar-refractivity contribution is 6.10. The van der Waals surface area contributed by atoms with Gasteiger partial charge >= 0.3 is 0 Å². The normalized spacial score (nSPS) is 17.0. The second kappa shape index (κ2) is 6.16. The highest BCUT2D eigenvalue weighted by Crippen LogP contribution is 2.22. The van der Waals surface area contributed by atoms with E-state index in [9.17, 15) is 9.59 Å². The molecule has 2 atom stereocenters. The highest BCUT2D eigenvalue weighted by Gasteiger charge is 2.30. The molecule has 3 rings (SSSR count). The Morgan fingerprint density at radius 3 is 2.74 bits per heavy atom. The van der Waals surface area contributed by atoms with E-state index < -0.39 is 0 Å². The Kier molecular flexibility index (Phi) is 4.22. The number of ketones is 1. The number of amides is 1. The molecule has 5 heteroatoms. The van der Waals surface area contributed by atoms with Gasteiger partial charge in [0, 0.05) is 22.6 Å². The molecule has 1 aliphatic rings. The molecule has 2 aromatic rings. The first-order valence-electron chi connectivity index (χ1n) is 8.20. The first-order chi connectivity index (χ1) is 11.0. The molecule has 1 heterocycles. The van der Waals surface area contributed by atoms with Crippen LogP contribution in [0.2, 0.25) is 0 Å². The predicted molar refractivity (Wildman–Crippen MR) is 89.7 cm³/mol. The zero-order valence-corrected chi connectivity index (χ0v) is 13.9. The highest BCUT2D eigenvalue weighted by atomic mass is 16.2. The lowest BCUT2D eigenvalue weighted by Crippen LogP contribution is -3.14. The van der Waals surface area contributed by atoms with Crippen molar-refractivity contribution in [3.63, 3.8) is 0 Å². The van der Waals surface area contributed by atoms with Gasteiger partial charge in [-0.1, -0.05) is 18.2 Å². The van der Waals surface area contributed by atoms with Gasteiger partial charge in [0.15, 0.2) is 6.54 Å². The number of hydrogen-bond donors (Lipinski definition) is 3. The zero-order valence-electron chi connectivity index (χ0n) is 13.9. The lowest BCUT2D eigenvalue weighted by Gasteiger charge is -2.20. The van der Waals surface area contributed by atoms with Crippen LogP contribution < -0.4 is 10.2 Å². The van der Waals surface area contributed by atoms with Crippen LogP contribution in [0.1, 0.15) is 35.8 Å². The minimum absolute atomic E-state index is 0.0281. The van der Waals surface area contributed by atoms with Crippen molar-refractivity contribution in [2.24, 2.45) is 0 Å². The summed E-state index contributed by atoms with van der Waals surface area (Å²) in [5.74, 6) is 0.108. The van der Waals surface area contributed by atoms with E-state index in [1.54, 1.807) is 0 Å². The summed E-state index contributed by atoms with van der Waals surface area (Å²) in [5.41, 5.74) is 2.61. The summed E-state index contributed by atoms with van der Waals surface area (Å²) in [7, 11) is 1.90. The summed E-state index contributed by atoms with van der Waals surface area (Å²) in [6.45, 7) is 4.14. The van der Waals surface area contributed by atoms with Crippen molar-refractivity contribution in [1.29, 1.82) is 0 Å². The molecular formula is C18H24N3O2+. The molecule has 0 spiro atoms. The number of fused-ring (bicyclic) bond motifs is 1. The fourth-order valence-corrected chi connectivity index (χ4v) is 2.95. The fraction of sp³-hybridized carbons (Fsp3) is 0.444. The van der Waals surface area contributed by atoms with E-state index in [1.165, 1.54) is 0 Å². The lowest BCUT2D eigenvalue weighted by molar-refractivity contribution is -0.885. The van der Waals surface area contributed by atoms with Crippen LogP contribution in [-0.4, -0.2) is 42.4 Å². The van der Waals surface area contributed by atoms with Gasteiger partial charge in [0.1, 0.15) is 6.04 Å². The number of likely N-dealkylation sites (N-methyl/N-ethyl adjacent to an activating group) is 1. The van der Waals surface area contributed by atoms with Crippen molar-refractivity contribution in [3.05, 3.63) is 35.5 Å². The molecule has 1 fully saturated rings. The van der Waals surface area contributed by atoms with Crippen LogP contribution in [0.4, 0.5) is 0 Å². The Morgan fingerprint density at radius 2 is 2.04 bits per heavy atom. The van der Waals surface area contributed by atoms with Crippen LogP contribution in [0.15, 0.2) is 24.3 Å². The van der Waals surface area contributed by atoms with E-state index in [1.807, 2.05) is 45.2 Å². The summed E-state index contributed by atoms with van der Waals surface area (Å²) in [6.07, 6.45) is 2.15. The molecule has 1 unspecified atom stereocenters. The second-order valence-corrected chi connectivity index (χ2v) is 6.62.